The Kier molecular flexibility index (Phi) is 6.36. The van der Waals surface area contributed by atoms with Gasteiger partial charge in [-0.05, 0) is 36.6 Å². The Morgan fingerprint density at radius 1 is 1.09 bits per heavy atom. The zero-order valence-electron chi connectivity index (χ0n) is 19.8. The standard InChI is InChI=1S/C25H27N5O4/c1-15(2)23-18-13-26-30(19-9-7-6-8-16(19)3)24(18)25(32)29(28-23)14-22(31)27-17-10-11-20(33-4)21(12-17)34-5/h6-13,15H,14H2,1-5H3,(H,27,31). The second-order valence-corrected chi connectivity index (χ2v) is 8.23. The van der Waals surface area contributed by atoms with Gasteiger partial charge in [0.2, 0.25) is 5.91 Å². The molecule has 2 heterocycles. The van der Waals surface area contributed by atoms with Crippen LogP contribution < -0.4 is 20.3 Å². The molecule has 0 aliphatic heterocycles. The Hall–Kier alpha value is -4.14. The van der Waals surface area contributed by atoms with E-state index in [1.165, 1.54) is 18.9 Å². The predicted molar refractivity (Wildman–Crippen MR) is 130 cm³/mol. The van der Waals surface area contributed by atoms with Crippen LogP contribution in [0.2, 0.25) is 0 Å². The lowest BCUT2D eigenvalue weighted by Crippen LogP contribution is -2.31. The lowest BCUT2D eigenvalue weighted by molar-refractivity contribution is -0.117. The zero-order chi connectivity index (χ0) is 24.4. The maximum atomic E-state index is 13.5. The normalized spacial score (nSPS) is 11.1. The van der Waals surface area contributed by atoms with Crippen LogP contribution in [0, 0.1) is 6.92 Å². The average Bonchev–Trinajstić information content (AvgIpc) is 3.26. The average molecular weight is 462 g/mol. The molecule has 0 spiro atoms. The van der Waals surface area contributed by atoms with E-state index in [0.717, 1.165) is 11.3 Å². The first-order valence-electron chi connectivity index (χ1n) is 10.9. The number of carbonyl (C=O) groups excluding carboxylic acids is 1. The Morgan fingerprint density at radius 2 is 1.82 bits per heavy atom. The molecule has 1 N–H and O–H groups in total. The highest BCUT2D eigenvalue weighted by atomic mass is 16.5. The van der Waals surface area contributed by atoms with E-state index in [9.17, 15) is 9.59 Å². The van der Waals surface area contributed by atoms with Crippen LogP contribution in [0.25, 0.3) is 16.6 Å². The highest BCUT2D eigenvalue weighted by molar-refractivity contribution is 5.91. The maximum absolute atomic E-state index is 13.5. The predicted octanol–water partition coefficient (Wildman–Crippen LogP) is 3.67. The number of aromatic nitrogens is 4. The fourth-order valence-corrected chi connectivity index (χ4v) is 3.86. The Labute approximate surface area is 196 Å². The number of carbonyl (C=O) groups is 1. The van der Waals surface area contributed by atoms with E-state index in [1.54, 1.807) is 29.1 Å². The topological polar surface area (TPSA) is 100 Å². The van der Waals surface area contributed by atoms with Crippen molar-refractivity contribution in [3.05, 3.63) is 70.3 Å². The molecule has 0 unspecified atom stereocenters. The fraction of sp³-hybridized carbons (Fsp3) is 0.280. The molecule has 176 valence electrons. The molecular formula is C25H27N5O4. The fourth-order valence-electron chi connectivity index (χ4n) is 3.86. The van der Waals surface area contributed by atoms with Crippen LogP contribution in [0.1, 0.15) is 31.0 Å². The van der Waals surface area contributed by atoms with Crippen molar-refractivity contribution in [3.8, 4) is 17.2 Å². The molecule has 0 bridgehead atoms. The van der Waals surface area contributed by atoms with E-state index in [-0.39, 0.29) is 18.0 Å². The van der Waals surface area contributed by atoms with Crippen molar-refractivity contribution in [1.82, 2.24) is 19.6 Å². The van der Waals surface area contributed by atoms with E-state index in [1.807, 2.05) is 45.0 Å². The molecule has 4 aromatic rings. The molecule has 4 rings (SSSR count). The lowest BCUT2D eigenvalue weighted by Gasteiger charge is -2.13. The number of methoxy groups -OCH3 is 2. The van der Waals surface area contributed by atoms with Crippen LogP contribution in [0.3, 0.4) is 0 Å². The minimum absolute atomic E-state index is 0.0257. The number of benzene rings is 2. The summed E-state index contributed by atoms with van der Waals surface area (Å²) in [5, 5.41) is 12.5. The Morgan fingerprint density at radius 3 is 2.50 bits per heavy atom. The van der Waals surface area contributed by atoms with Crippen LogP contribution >= 0.6 is 0 Å². The number of aryl methyl sites for hydroxylation is 1. The Balaban J connectivity index is 1.74. The summed E-state index contributed by atoms with van der Waals surface area (Å²) in [7, 11) is 3.06. The summed E-state index contributed by atoms with van der Waals surface area (Å²) in [4.78, 5) is 26.3. The van der Waals surface area contributed by atoms with Crippen LogP contribution in [0.15, 0.2) is 53.5 Å². The molecule has 0 fully saturated rings. The molecule has 2 aromatic heterocycles. The number of nitrogens with one attached hydrogen (secondary N) is 1. The maximum Gasteiger partial charge on any atom is 0.293 e. The first-order valence-corrected chi connectivity index (χ1v) is 10.9. The van der Waals surface area contributed by atoms with Gasteiger partial charge in [-0.3, -0.25) is 9.59 Å². The first kappa shape index (κ1) is 23.0. The molecule has 0 aliphatic carbocycles. The van der Waals surface area contributed by atoms with Crippen molar-refractivity contribution >= 4 is 22.5 Å². The number of ether oxygens (including phenoxy) is 2. The van der Waals surface area contributed by atoms with E-state index in [4.69, 9.17) is 9.47 Å². The van der Waals surface area contributed by atoms with Crippen LogP contribution in [-0.2, 0) is 11.3 Å². The van der Waals surface area contributed by atoms with Gasteiger partial charge in [0, 0.05) is 17.1 Å². The van der Waals surface area contributed by atoms with Crippen molar-refractivity contribution < 1.29 is 14.3 Å². The highest BCUT2D eigenvalue weighted by Gasteiger charge is 2.20. The van der Waals surface area contributed by atoms with Crippen molar-refractivity contribution in [1.29, 1.82) is 0 Å². The third-order valence-corrected chi connectivity index (χ3v) is 5.56. The van der Waals surface area contributed by atoms with Crippen LogP contribution in [0.5, 0.6) is 11.5 Å². The number of fused-ring (bicyclic) bond motifs is 1. The summed E-state index contributed by atoms with van der Waals surface area (Å²) in [5.41, 5.74) is 3.01. The summed E-state index contributed by atoms with van der Waals surface area (Å²) in [6.45, 7) is 5.70. The first-order chi connectivity index (χ1) is 16.3. The molecule has 2 aromatic carbocycles. The quantitative estimate of drug-likeness (QED) is 0.451. The highest BCUT2D eigenvalue weighted by Crippen LogP contribution is 2.30. The van der Waals surface area contributed by atoms with Crippen molar-refractivity contribution in [2.75, 3.05) is 19.5 Å². The van der Waals surface area contributed by atoms with Gasteiger partial charge in [0.1, 0.15) is 12.1 Å². The summed E-state index contributed by atoms with van der Waals surface area (Å²) in [6.07, 6.45) is 1.67. The number of hydrogen-bond donors (Lipinski definition) is 1. The number of amides is 1. The SMILES string of the molecule is COc1ccc(NC(=O)Cn2nc(C(C)C)c3cnn(-c4ccccc4C)c3c2=O)cc1OC. The van der Waals surface area contributed by atoms with Crippen molar-refractivity contribution in [3.63, 3.8) is 0 Å². The third kappa shape index (κ3) is 4.24. The smallest absolute Gasteiger partial charge is 0.293 e. The van der Waals surface area contributed by atoms with E-state index >= 15 is 0 Å². The minimum Gasteiger partial charge on any atom is -0.493 e. The van der Waals surface area contributed by atoms with E-state index in [2.05, 4.69) is 15.5 Å². The van der Waals surface area contributed by atoms with Crippen LogP contribution in [0.4, 0.5) is 5.69 Å². The molecule has 1 amide bonds. The van der Waals surface area contributed by atoms with Gasteiger partial charge in [0.05, 0.1) is 31.8 Å². The zero-order valence-corrected chi connectivity index (χ0v) is 19.8. The molecule has 9 nitrogen and oxygen atoms in total. The summed E-state index contributed by atoms with van der Waals surface area (Å²) in [5.74, 6) is 0.673. The largest absolute Gasteiger partial charge is 0.493 e. The number of nitrogens with zero attached hydrogens (tertiary/aromatic N) is 4. The van der Waals surface area contributed by atoms with Gasteiger partial charge in [0.15, 0.2) is 11.5 Å². The number of para-hydroxylation sites is 1. The summed E-state index contributed by atoms with van der Waals surface area (Å²) < 4.78 is 13.3. The Bertz CT molecular complexity index is 1420. The second-order valence-electron chi connectivity index (χ2n) is 8.23. The van der Waals surface area contributed by atoms with Crippen molar-refractivity contribution in [2.24, 2.45) is 0 Å². The van der Waals surface area contributed by atoms with Gasteiger partial charge < -0.3 is 14.8 Å². The number of rotatable bonds is 7. The van der Waals surface area contributed by atoms with Gasteiger partial charge in [-0.2, -0.15) is 10.2 Å². The molecule has 0 saturated carbocycles. The second kappa shape index (κ2) is 9.38. The molecule has 34 heavy (non-hydrogen) atoms. The van der Waals surface area contributed by atoms with Gasteiger partial charge >= 0.3 is 0 Å². The van der Waals surface area contributed by atoms with Gasteiger partial charge in [-0.15, -0.1) is 0 Å². The third-order valence-electron chi connectivity index (χ3n) is 5.56. The molecular weight excluding hydrogens is 434 g/mol. The van der Waals surface area contributed by atoms with E-state index in [0.29, 0.717) is 33.8 Å². The number of hydrogen-bond acceptors (Lipinski definition) is 6. The number of anilines is 1. The molecule has 0 saturated heterocycles. The lowest BCUT2D eigenvalue weighted by atomic mass is 10.1. The summed E-state index contributed by atoms with van der Waals surface area (Å²) >= 11 is 0. The molecule has 0 aliphatic rings. The molecule has 9 heteroatoms. The van der Waals surface area contributed by atoms with Crippen molar-refractivity contribution in [2.45, 2.75) is 33.2 Å². The molecule has 0 atom stereocenters. The van der Waals surface area contributed by atoms with Gasteiger partial charge in [0.25, 0.3) is 5.56 Å². The molecule has 0 radical (unpaired) electrons. The van der Waals surface area contributed by atoms with Crippen LogP contribution in [-0.4, -0.2) is 39.7 Å². The minimum atomic E-state index is -0.391. The van der Waals surface area contributed by atoms with Gasteiger partial charge in [-0.25, -0.2) is 9.36 Å². The van der Waals surface area contributed by atoms with Gasteiger partial charge in [-0.1, -0.05) is 32.0 Å². The monoisotopic (exact) mass is 461 g/mol. The summed E-state index contributed by atoms with van der Waals surface area (Å²) in [6, 6.07) is 12.8. The van der Waals surface area contributed by atoms with E-state index < -0.39 is 5.91 Å².